The lowest BCUT2D eigenvalue weighted by Gasteiger charge is -2.34. The minimum absolute atomic E-state index is 0.132. The maximum atomic E-state index is 5.58. The Kier molecular flexibility index (Phi) is 10.1. The molecule has 1 saturated heterocycles. The third kappa shape index (κ3) is 7.12. The summed E-state index contributed by atoms with van der Waals surface area (Å²) in [5.74, 6) is 2.32. The van der Waals surface area contributed by atoms with E-state index in [-0.39, 0.29) is 6.04 Å². The number of aliphatic imine (C=N–C) groups is 1. The Morgan fingerprint density at radius 3 is 2.59 bits per heavy atom. The van der Waals surface area contributed by atoms with Gasteiger partial charge in [-0.25, -0.2) is 0 Å². The first-order valence-corrected chi connectivity index (χ1v) is 11.6. The van der Waals surface area contributed by atoms with Gasteiger partial charge in [0.25, 0.3) is 0 Å². The summed E-state index contributed by atoms with van der Waals surface area (Å²) in [6, 6.07) is 6.27. The molecule has 32 heavy (non-hydrogen) atoms. The molecule has 2 aliphatic rings. The van der Waals surface area contributed by atoms with Crippen LogP contribution in [-0.2, 0) is 9.47 Å². The molecule has 0 saturated carbocycles. The number of rotatable bonds is 10. The Hall–Kier alpha value is -2.29. The summed E-state index contributed by atoms with van der Waals surface area (Å²) in [6.07, 6.45) is 4.23. The lowest BCUT2D eigenvalue weighted by molar-refractivity contribution is 0.0179. The van der Waals surface area contributed by atoms with Crippen LogP contribution in [0, 0.1) is 0 Å². The van der Waals surface area contributed by atoms with Gasteiger partial charge in [0, 0.05) is 26.2 Å². The molecule has 0 bridgehead atoms. The predicted octanol–water partition coefficient (Wildman–Crippen LogP) is 2.37. The molecule has 3 rings (SSSR count). The fourth-order valence-electron chi connectivity index (χ4n) is 4.03. The van der Waals surface area contributed by atoms with E-state index in [1.165, 1.54) is 5.57 Å². The zero-order chi connectivity index (χ0) is 22.6. The fraction of sp³-hybridized carbons (Fsp3) is 0.625. The van der Waals surface area contributed by atoms with Crippen molar-refractivity contribution in [3.05, 3.63) is 35.4 Å². The topological polar surface area (TPSA) is 76.6 Å². The van der Waals surface area contributed by atoms with Gasteiger partial charge in [0.1, 0.15) is 0 Å². The number of nitrogens with zero attached hydrogens (tertiary/aromatic N) is 2. The van der Waals surface area contributed by atoms with Crippen LogP contribution in [0.3, 0.4) is 0 Å². The van der Waals surface area contributed by atoms with Crippen LogP contribution in [0.2, 0.25) is 0 Å². The second kappa shape index (κ2) is 13.3. The van der Waals surface area contributed by atoms with Gasteiger partial charge in [-0.05, 0) is 37.5 Å². The Morgan fingerprint density at radius 2 is 1.91 bits per heavy atom. The first-order chi connectivity index (χ1) is 15.7. The Bertz CT molecular complexity index is 762. The second-order valence-electron chi connectivity index (χ2n) is 7.86. The number of methoxy groups -OCH3 is 2. The van der Waals surface area contributed by atoms with Crippen LogP contribution in [0.15, 0.2) is 34.8 Å². The Morgan fingerprint density at radius 1 is 1.09 bits per heavy atom. The molecule has 2 N–H and O–H groups in total. The summed E-state index contributed by atoms with van der Waals surface area (Å²) in [6.45, 7) is 9.21. The Balaban J connectivity index is 1.71. The molecule has 1 unspecified atom stereocenters. The van der Waals surface area contributed by atoms with Crippen molar-refractivity contribution < 1.29 is 18.9 Å². The largest absolute Gasteiger partial charge is 0.493 e. The summed E-state index contributed by atoms with van der Waals surface area (Å²) in [7, 11) is 3.33. The molecule has 8 nitrogen and oxygen atoms in total. The van der Waals surface area contributed by atoms with Gasteiger partial charge in [-0.15, -0.1) is 0 Å². The van der Waals surface area contributed by atoms with Crippen molar-refractivity contribution in [3.8, 4) is 11.5 Å². The van der Waals surface area contributed by atoms with Gasteiger partial charge in [0.05, 0.1) is 53.2 Å². The molecule has 1 fully saturated rings. The van der Waals surface area contributed by atoms with E-state index in [0.717, 1.165) is 88.5 Å². The number of morpholine rings is 1. The maximum Gasteiger partial charge on any atom is 0.191 e. The van der Waals surface area contributed by atoms with Crippen molar-refractivity contribution in [3.63, 3.8) is 0 Å². The molecular weight excluding hydrogens is 408 g/mol. The molecule has 0 aliphatic carbocycles. The molecule has 0 aromatic heterocycles. The van der Waals surface area contributed by atoms with Crippen molar-refractivity contribution in [2.75, 3.05) is 73.4 Å². The van der Waals surface area contributed by atoms with E-state index in [4.69, 9.17) is 23.9 Å². The van der Waals surface area contributed by atoms with Crippen LogP contribution < -0.4 is 20.1 Å². The number of ether oxygens (including phenoxy) is 4. The summed E-state index contributed by atoms with van der Waals surface area (Å²) >= 11 is 0. The number of hydrogen-bond acceptors (Lipinski definition) is 6. The minimum Gasteiger partial charge on any atom is -0.493 e. The lowest BCUT2D eigenvalue weighted by atomic mass is 10.0. The molecule has 1 atom stereocenters. The highest BCUT2D eigenvalue weighted by Gasteiger charge is 2.24. The van der Waals surface area contributed by atoms with Crippen LogP contribution in [0.5, 0.6) is 11.5 Å². The zero-order valence-corrected chi connectivity index (χ0v) is 19.7. The standard InChI is InChI=1S/C24H38N4O4/c1-4-25-24(26-10-7-19-8-13-31-14-9-19)27-18-21(28-11-15-32-16-12-28)20-5-6-22(29-2)23(17-20)30-3/h5-6,8,17,21H,4,7,9-16,18H2,1-3H3,(H2,25,26,27). The van der Waals surface area contributed by atoms with Gasteiger partial charge in [0.2, 0.25) is 0 Å². The van der Waals surface area contributed by atoms with Crippen molar-refractivity contribution in [2.24, 2.45) is 4.99 Å². The van der Waals surface area contributed by atoms with Crippen LogP contribution in [0.4, 0.5) is 0 Å². The smallest absolute Gasteiger partial charge is 0.191 e. The van der Waals surface area contributed by atoms with Gasteiger partial charge < -0.3 is 29.6 Å². The molecular formula is C24H38N4O4. The number of hydrogen-bond donors (Lipinski definition) is 2. The number of guanidine groups is 1. The lowest BCUT2D eigenvalue weighted by Crippen LogP contribution is -2.42. The van der Waals surface area contributed by atoms with Crippen LogP contribution in [-0.4, -0.2) is 84.2 Å². The van der Waals surface area contributed by atoms with Gasteiger partial charge in [0.15, 0.2) is 17.5 Å². The second-order valence-corrected chi connectivity index (χ2v) is 7.86. The molecule has 0 spiro atoms. The third-order valence-corrected chi connectivity index (χ3v) is 5.84. The molecule has 0 amide bonds. The molecule has 8 heteroatoms. The molecule has 2 heterocycles. The Labute approximate surface area is 192 Å². The average Bonchev–Trinajstić information content (AvgIpc) is 2.85. The van der Waals surface area contributed by atoms with Gasteiger partial charge in [-0.2, -0.15) is 0 Å². The fourth-order valence-corrected chi connectivity index (χ4v) is 4.03. The van der Waals surface area contributed by atoms with Gasteiger partial charge in [-0.3, -0.25) is 9.89 Å². The number of nitrogens with one attached hydrogen (secondary N) is 2. The molecule has 178 valence electrons. The van der Waals surface area contributed by atoms with Crippen molar-refractivity contribution in [1.29, 1.82) is 0 Å². The SMILES string of the molecule is CCNC(=NCC(c1ccc(OC)c(OC)c1)N1CCOCC1)NCCC1=CCOCC1. The van der Waals surface area contributed by atoms with E-state index >= 15 is 0 Å². The summed E-state index contributed by atoms with van der Waals surface area (Å²) in [4.78, 5) is 7.38. The highest BCUT2D eigenvalue weighted by molar-refractivity contribution is 5.79. The predicted molar refractivity (Wildman–Crippen MR) is 127 cm³/mol. The summed E-state index contributed by atoms with van der Waals surface area (Å²) in [5.41, 5.74) is 2.62. The zero-order valence-electron chi connectivity index (χ0n) is 19.7. The number of benzene rings is 1. The van der Waals surface area contributed by atoms with E-state index in [9.17, 15) is 0 Å². The maximum absolute atomic E-state index is 5.58. The van der Waals surface area contributed by atoms with Crippen molar-refractivity contribution in [2.45, 2.75) is 25.8 Å². The molecule has 1 aromatic rings. The molecule has 0 radical (unpaired) electrons. The first-order valence-electron chi connectivity index (χ1n) is 11.6. The van der Waals surface area contributed by atoms with Gasteiger partial charge >= 0.3 is 0 Å². The third-order valence-electron chi connectivity index (χ3n) is 5.84. The normalized spacial score (nSPS) is 18.6. The van der Waals surface area contributed by atoms with Crippen molar-refractivity contribution in [1.82, 2.24) is 15.5 Å². The highest BCUT2D eigenvalue weighted by atomic mass is 16.5. The summed E-state index contributed by atoms with van der Waals surface area (Å²) in [5, 5.41) is 6.87. The first kappa shape index (κ1) is 24.4. The van der Waals surface area contributed by atoms with Crippen LogP contribution >= 0.6 is 0 Å². The quantitative estimate of drug-likeness (QED) is 0.325. The van der Waals surface area contributed by atoms with Crippen LogP contribution in [0.1, 0.15) is 31.4 Å². The monoisotopic (exact) mass is 446 g/mol. The van der Waals surface area contributed by atoms with Gasteiger partial charge in [-0.1, -0.05) is 17.7 Å². The minimum atomic E-state index is 0.132. The summed E-state index contributed by atoms with van der Waals surface area (Å²) < 4.78 is 21.9. The van der Waals surface area contributed by atoms with Crippen LogP contribution in [0.25, 0.3) is 0 Å². The van der Waals surface area contributed by atoms with Crippen molar-refractivity contribution >= 4 is 5.96 Å². The molecule has 2 aliphatic heterocycles. The van der Waals surface area contributed by atoms with E-state index in [2.05, 4.69) is 40.7 Å². The van der Waals surface area contributed by atoms with E-state index < -0.39 is 0 Å². The highest BCUT2D eigenvalue weighted by Crippen LogP contribution is 2.32. The molecule has 1 aromatic carbocycles. The van der Waals surface area contributed by atoms with E-state index in [1.807, 2.05) is 6.07 Å². The van der Waals surface area contributed by atoms with E-state index in [0.29, 0.717) is 6.54 Å². The van der Waals surface area contributed by atoms with E-state index in [1.54, 1.807) is 14.2 Å². The average molecular weight is 447 g/mol.